The van der Waals surface area contributed by atoms with E-state index in [4.69, 9.17) is 4.74 Å². The summed E-state index contributed by atoms with van der Waals surface area (Å²) in [7, 11) is 0. The fraction of sp³-hybridized carbons (Fsp3) is 0.208. The fourth-order valence-electron chi connectivity index (χ4n) is 3.52. The van der Waals surface area contributed by atoms with Crippen LogP contribution < -0.4 is 15.4 Å². The Morgan fingerprint density at radius 3 is 2.38 bits per heavy atom. The molecule has 0 fully saturated rings. The Kier molecular flexibility index (Phi) is 5.49. The average molecular weight is 388 g/mol. The van der Waals surface area contributed by atoms with E-state index in [0.717, 1.165) is 29.8 Å². The van der Waals surface area contributed by atoms with Crippen molar-refractivity contribution < 1.29 is 14.6 Å². The van der Waals surface area contributed by atoms with Gasteiger partial charge in [-0.3, -0.25) is 0 Å². The largest absolute Gasteiger partial charge is 0.457 e. The zero-order valence-corrected chi connectivity index (χ0v) is 16.3. The maximum Gasteiger partial charge on any atom is 0.323 e. The number of aryl methyl sites for hydroxylation is 2. The summed E-state index contributed by atoms with van der Waals surface area (Å²) >= 11 is 0. The van der Waals surface area contributed by atoms with E-state index in [-0.39, 0.29) is 12.1 Å². The van der Waals surface area contributed by atoms with Gasteiger partial charge in [0.2, 0.25) is 0 Å². The first-order valence-corrected chi connectivity index (χ1v) is 9.78. The van der Waals surface area contributed by atoms with E-state index in [9.17, 15) is 9.90 Å². The minimum absolute atomic E-state index is 0.314. The summed E-state index contributed by atoms with van der Waals surface area (Å²) < 4.78 is 5.81. The second-order valence-corrected chi connectivity index (χ2v) is 7.36. The molecule has 0 saturated heterocycles. The Hall–Kier alpha value is -3.31. The molecule has 3 N–H and O–H groups in total. The molecule has 0 bridgehead atoms. The fourth-order valence-corrected chi connectivity index (χ4v) is 3.52. The molecule has 1 atom stereocenters. The molecule has 4 rings (SSSR count). The Morgan fingerprint density at radius 1 is 0.966 bits per heavy atom. The summed E-state index contributed by atoms with van der Waals surface area (Å²) in [5.41, 5.74) is 4.80. The molecule has 0 heterocycles. The van der Waals surface area contributed by atoms with E-state index in [1.807, 2.05) is 55.5 Å². The van der Waals surface area contributed by atoms with Crippen molar-refractivity contribution in [3.8, 4) is 11.5 Å². The number of aliphatic hydroxyl groups excluding tert-OH is 1. The summed E-state index contributed by atoms with van der Waals surface area (Å²) in [4.78, 5) is 12.4. The Bertz CT molecular complexity index is 998. The highest BCUT2D eigenvalue weighted by atomic mass is 16.5. The van der Waals surface area contributed by atoms with Crippen LogP contribution in [0.25, 0.3) is 0 Å². The molecule has 0 radical (unpaired) electrons. The number of anilines is 2. The summed E-state index contributed by atoms with van der Waals surface area (Å²) in [5.74, 6) is 1.47. The SMILES string of the molecule is Cc1ccc(Oc2ccc(NC(=O)Nc3cccc4c3CC(O)CC4)cc2)cc1. The number of ether oxygens (including phenoxy) is 1. The number of carbonyl (C=O) groups is 1. The van der Waals surface area contributed by atoms with Crippen molar-refractivity contribution in [2.75, 3.05) is 10.6 Å². The molecule has 0 aliphatic heterocycles. The molecule has 5 heteroatoms. The van der Waals surface area contributed by atoms with Crippen molar-refractivity contribution in [3.05, 3.63) is 83.4 Å². The van der Waals surface area contributed by atoms with Crippen molar-refractivity contribution in [2.24, 2.45) is 0 Å². The van der Waals surface area contributed by atoms with Crippen LogP contribution in [0, 0.1) is 6.92 Å². The lowest BCUT2D eigenvalue weighted by atomic mass is 9.88. The normalized spacial score (nSPS) is 15.3. The first kappa shape index (κ1) is 19.0. The van der Waals surface area contributed by atoms with Crippen molar-refractivity contribution in [1.29, 1.82) is 0 Å². The van der Waals surface area contributed by atoms with Crippen LogP contribution >= 0.6 is 0 Å². The highest BCUT2D eigenvalue weighted by Gasteiger charge is 2.19. The molecular formula is C24H24N2O3. The maximum absolute atomic E-state index is 12.4. The number of urea groups is 1. The smallest absolute Gasteiger partial charge is 0.323 e. The topological polar surface area (TPSA) is 70.6 Å². The second kappa shape index (κ2) is 8.37. The Labute approximate surface area is 170 Å². The lowest BCUT2D eigenvalue weighted by Gasteiger charge is -2.23. The number of amides is 2. The van der Waals surface area contributed by atoms with Gasteiger partial charge in [-0.05, 0) is 73.4 Å². The molecule has 3 aromatic carbocycles. The van der Waals surface area contributed by atoms with Gasteiger partial charge in [-0.2, -0.15) is 0 Å². The standard InChI is InChI=1S/C24H24N2O3/c1-16-5-11-20(12-6-16)29-21-13-8-18(9-14-21)25-24(28)26-23-4-2-3-17-7-10-19(27)15-22(17)23/h2-6,8-9,11-14,19,27H,7,10,15H2,1H3,(H2,25,26,28). The predicted octanol–water partition coefficient (Wildman–Crippen LogP) is 5.28. The minimum Gasteiger partial charge on any atom is -0.457 e. The molecule has 3 aromatic rings. The average Bonchev–Trinajstić information content (AvgIpc) is 2.71. The number of rotatable bonds is 4. The van der Waals surface area contributed by atoms with Crippen LogP contribution in [0.3, 0.4) is 0 Å². The minimum atomic E-state index is -0.352. The zero-order chi connectivity index (χ0) is 20.2. The van der Waals surface area contributed by atoms with E-state index in [1.54, 1.807) is 12.1 Å². The monoisotopic (exact) mass is 388 g/mol. The molecule has 1 aliphatic carbocycles. The quantitative estimate of drug-likeness (QED) is 0.569. The summed E-state index contributed by atoms with van der Waals surface area (Å²) in [5, 5.41) is 15.7. The highest BCUT2D eigenvalue weighted by Crippen LogP contribution is 2.28. The number of aliphatic hydroxyl groups is 1. The van der Waals surface area contributed by atoms with Gasteiger partial charge in [0, 0.05) is 17.8 Å². The molecule has 0 aromatic heterocycles. The van der Waals surface area contributed by atoms with Crippen LogP contribution in [0.1, 0.15) is 23.1 Å². The molecule has 0 spiro atoms. The van der Waals surface area contributed by atoms with E-state index in [1.165, 1.54) is 11.1 Å². The summed E-state index contributed by atoms with van der Waals surface area (Å²) in [6, 6.07) is 20.6. The second-order valence-electron chi connectivity index (χ2n) is 7.36. The maximum atomic E-state index is 12.4. The Balaban J connectivity index is 1.38. The van der Waals surface area contributed by atoms with Crippen molar-refractivity contribution in [1.82, 2.24) is 0 Å². The first-order valence-electron chi connectivity index (χ1n) is 9.78. The number of benzene rings is 3. The number of hydrogen-bond donors (Lipinski definition) is 3. The van der Waals surface area contributed by atoms with E-state index in [2.05, 4.69) is 16.7 Å². The molecule has 5 nitrogen and oxygen atoms in total. The number of hydrogen-bond acceptors (Lipinski definition) is 3. The lowest BCUT2D eigenvalue weighted by molar-refractivity contribution is 0.159. The third kappa shape index (κ3) is 4.76. The third-order valence-electron chi connectivity index (χ3n) is 5.08. The first-order chi connectivity index (χ1) is 14.1. The van der Waals surface area contributed by atoms with Gasteiger partial charge in [0.1, 0.15) is 11.5 Å². The van der Waals surface area contributed by atoms with Crippen molar-refractivity contribution in [3.63, 3.8) is 0 Å². The summed E-state index contributed by atoms with van der Waals surface area (Å²) in [6.45, 7) is 2.03. The van der Waals surface area contributed by atoms with Crippen LogP contribution in [-0.2, 0) is 12.8 Å². The van der Waals surface area contributed by atoms with Crippen molar-refractivity contribution in [2.45, 2.75) is 32.3 Å². The number of fused-ring (bicyclic) bond motifs is 1. The van der Waals surface area contributed by atoms with Gasteiger partial charge in [0.05, 0.1) is 6.10 Å². The van der Waals surface area contributed by atoms with Gasteiger partial charge in [-0.25, -0.2) is 4.79 Å². The summed E-state index contributed by atoms with van der Waals surface area (Å²) in [6.07, 6.45) is 1.81. The van der Waals surface area contributed by atoms with Gasteiger partial charge in [0.25, 0.3) is 0 Å². The number of nitrogens with one attached hydrogen (secondary N) is 2. The Morgan fingerprint density at radius 2 is 1.66 bits per heavy atom. The highest BCUT2D eigenvalue weighted by molar-refractivity contribution is 6.00. The molecule has 29 heavy (non-hydrogen) atoms. The van der Waals surface area contributed by atoms with Crippen LogP contribution in [0.4, 0.5) is 16.2 Å². The van der Waals surface area contributed by atoms with Crippen LogP contribution in [0.2, 0.25) is 0 Å². The third-order valence-corrected chi connectivity index (χ3v) is 5.08. The number of carbonyl (C=O) groups excluding carboxylic acids is 1. The van der Waals surface area contributed by atoms with Crippen molar-refractivity contribution >= 4 is 17.4 Å². The molecule has 148 valence electrons. The predicted molar refractivity (Wildman–Crippen MR) is 115 cm³/mol. The zero-order valence-electron chi connectivity index (χ0n) is 16.3. The lowest BCUT2D eigenvalue weighted by Crippen LogP contribution is -2.24. The van der Waals surface area contributed by atoms with Crippen LogP contribution in [0.5, 0.6) is 11.5 Å². The van der Waals surface area contributed by atoms with Crippen LogP contribution in [-0.4, -0.2) is 17.2 Å². The van der Waals surface area contributed by atoms with Crippen LogP contribution in [0.15, 0.2) is 66.7 Å². The van der Waals surface area contributed by atoms with E-state index >= 15 is 0 Å². The molecule has 1 unspecified atom stereocenters. The van der Waals surface area contributed by atoms with Gasteiger partial charge in [-0.15, -0.1) is 0 Å². The van der Waals surface area contributed by atoms with E-state index < -0.39 is 0 Å². The van der Waals surface area contributed by atoms with E-state index in [0.29, 0.717) is 17.9 Å². The van der Waals surface area contributed by atoms with Gasteiger partial charge >= 0.3 is 6.03 Å². The molecule has 1 aliphatic rings. The molecule has 0 saturated carbocycles. The van der Waals surface area contributed by atoms with Gasteiger partial charge < -0.3 is 20.5 Å². The van der Waals surface area contributed by atoms with Gasteiger partial charge in [0.15, 0.2) is 0 Å². The van der Waals surface area contributed by atoms with Gasteiger partial charge in [-0.1, -0.05) is 29.8 Å². The molecular weight excluding hydrogens is 364 g/mol. The molecule has 2 amide bonds.